The smallest absolute Gasteiger partial charge is 0.221 e. The summed E-state index contributed by atoms with van der Waals surface area (Å²) in [6.45, 7) is 9.67. The third-order valence-corrected chi connectivity index (χ3v) is 5.73. The van der Waals surface area contributed by atoms with Gasteiger partial charge in [0.2, 0.25) is 5.91 Å². The van der Waals surface area contributed by atoms with Crippen LogP contribution in [0.1, 0.15) is 57.6 Å². The maximum Gasteiger partial charge on any atom is 0.221 e. The van der Waals surface area contributed by atoms with Crippen LogP contribution in [0.5, 0.6) is 0 Å². The van der Waals surface area contributed by atoms with Gasteiger partial charge in [0.05, 0.1) is 13.2 Å². The Bertz CT molecular complexity index is 579. The maximum absolute atomic E-state index is 12.3. The minimum absolute atomic E-state index is 0.126. The van der Waals surface area contributed by atoms with E-state index >= 15 is 0 Å². The van der Waals surface area contributed by atoms with Crippen LogP contribution in [-0.2, 0) is 20.4 Å². The molecule has 3 rings (SSSR count). The van der Waals surface area contributed by atoms with E-state index < -0.39 is 0 Å². The van der Waals surface area contributed by atoms with Crippen molar-refractivity contribution in [3.8, 4) is 0 Å². The number of carbonyl (C=O) groups is 1. The van der Waals surface area contributed by atoms with Gasteiger partial charge in [-0.15, -0.1) is 0 Å². The molecular weight excluding hydrogens is 312 g/mol. The minimum Gasteiger partial charge on any atom is -0.378 e. The Labute approximate surface area is 151 Å². The van der Waals surface area contributed by atoms with Crippen molar-refractivity contribution in [3.05, 3.63) is 35.4 Å². The van der Waals surface area contributed by atoms with Gasteiger partial charge < -0.3 is 15.4 Å². The SMILES string of the molecule is CC(C)(C)c1ccc(C2(CNC(=O)CC3COCCN3)CCC2)cc1. The quantitative estimate of drug-likeness (QED) is 0.863. The second-order valence-corrected chi connectivity index (χ2v) is 8.67. The predicted octanol–water partition coefficient (Wildman–Crippen LogP) is 2.90. The van der Waals surface area contributed by atoms with Gasteiger partial charge in [0.15, 0.2) is 0 Å². The molecule has 2 N–H and O–H groups in total. The second-order valence-electron chi connectivity index (χ2n) is 8.67. The summed E-state index contributed by atoms with van der Waals surface area (Å²) in [4.78, 5) is 12.3. The summed E-state index contributed by atoms with van der Waals surface area (Å²) in [5.41, 5.74) is 3.03. The van der Waals surface area contributed by atoms with E-state index in [0.29, 0.717) is 13.0 Å². The Morgan fingerprint density at radius 3 is 2.52 bits per heavy atom. The molecule has 4 nitrogen and oxygen atoms in total. The molecule has 0 spiro atoms. The number of nitrogens with one attached hydrogen (secondary N) is 2. The number of amides is 1. The van der Waals surface area contributed by atoms with Crippen LogP contribution in [0.3, 0.4) is 0 Å². The Hall–Kier alpha value is -1.39. The topological polar surface area (TPSA) is 50.4 Å². The Kier molecular flexibility index (Phi) is 5.49. The number of hydrogen-bond donors (Lipinski definition) is 2. The van der Waals surface area contributed by atoms with Crippen molar-refractivity contribution >= 4 is 5.91 Å². The number of carbonyl (C=O) groups excluding carboxylic acids is 1. The van der Waals surface area contributed by atoms with Crippen LogP contribution in [-0.4, -0.2) is 38.3 Å². The van der Waals surface area contributed by atoms with Gasteiger partial charge in [-0.2, -0.15) is 0 Å². The van der Waals surface area contributed by atoms with Crippen molar-refractivity contribution in [2.24, 2.45) is 0 Å². The van der Waals surface area contributed by atoms with Crippen molar-refractivity contribution in [1.29, 1.82) is 0 Å². The zero-order valence-corrected chi connectivity index (χ0v) is 15.9. The molecule has 25 heavy (non-hydrogen) atoms. The molecule has 0 radical (unpaired) electrons. The first-order valence-electron chi connectivity index (χ1n) is 9.58. The van der Waals surface area contributed by atoms with Crippen molar-refractivity contribution in [3.63, 3.8) is 0 Å². The molecule has 1 heterocycles. The molecule has 1 saturated carbocycles. The summed E-state index contributed by atoms with van der Waals surface area (Å²) >= 11 is 0. The van der Waals surface area contributed by atoms with Crippen LogP contribution in [0.15, 0.2) is 24.3 Å². The van der Waals surface area contributed by atoms with E-state index in [-0.39, 0.29) is 22.8 Å². The fourth-order valence-corrected chi connectivity index (χ4v) is 3.81. The van der Waals surface area contributed by atoms with Crippen LogP contribution in [0.4, 0.5) is 0 Å². The van der Waals surface area contributed by atoms with E-state index in [2.05, 4.69) is 55.7 Å². The molecule has 1 aromatic carbocycles. The van der Waals surface area contributed by atoms with Crippen molar-refractivity contribution in [2.75, 3.05) is 26.3 Å². The third-order valence-electron chi connectivity index (χ3n) is 5.73. The van der Waals surface area contributed by atoms with Crippen molar-refractivity contribution in [1.82, 2.24) is 10.6 Å². The number of morpholine rings is 1. The molecule has 2 fully saturated rings. The number of hydrogen-bond acceptors (Lipinski definition) is 3. The molecule has 1 atom stereocenters. The molecule has 1 aromatic rings. The lowest BCUT2D eigenvalue weighted by Crippen LogP contribution is -2.48. The van der Waals surface area contributed by atoms with Crippen molar-refractivity contribution in [2.45, 2.75) is 63.3 Å². The van der Waals surface area contributed by atoms with E-state index in [1.807, 2.05) is 0 Å². The minimum atomic E-state index is 0.126. The van der Waals surface area contributed by atoms with E-state index in [9.17, 15) is 4.79 Å². The average molecular weight is 344 g/mol. The highest BCUT2D eigenvalue weighted by Gasteiger charge is 2.39. The van der Waals surface area contributed by atoms with Gasteiger partial charge >= 0.3 is 0 Å². The van der Waals surface area contributed by atoms with Crippen LogP contribution in [0, 0.1) is 0 Å². The lowest BCUT2D eigenvalue weighted by molar-refractivity contribution is -0.122. The summed E-state index contributed by atoms with van der Waals surface area (Å²) in [7, 11) is 0. The zero-order valence-electron chi connectivity index (χ0n) is 15.9. The highest BCUT2D eigenvalue weighted by molar-refractivity contribution is 5.76. The third kappa shape index (κ3) is 4.42. The first kappa shape index (κ1) is 18.4. The highest BCUT2D eigenvalue weighted by atomic mass is 16.5. The largest absolute Gasteiger partial charge is 0.378 e. The molecule has 138 valence electrons. The second kappa shape index (κ2) is 7.46. The van der Waals surface area contributed by atoms with E-state index in [4.69, 9.17) is 4.74 Å². The van der Waals surface area contributed by atoms with Crippen LogP contribution in [0.25, 0.3) is 0 Å². The first-order chi connectivity index (χ1) is 11.9. The number of ether oxygens (including phenoxy) is 1. The van der Waals surface area contributed by atoms with E-state index in [1.165, 1.54) is 17.5 Å². The van der Waals surface area contributed by atoms with Gasteiger partial charge in [-0.1, -0.05) is 51.5 Å². The molecule has 1 saturated heterocycles. The summed E-state index contributed by atoms with van der Waals surface area (Å²) in [6, 6.07) is 9.18. The molecular formula is C21H32N2O2. The fourth-order valence-electron chi connectivity index (χ4n) is 3.81. The Morgan fingerprint density at radius 1 is 1.28 bits per heavy atom. The molecule has 1 aliphatic carbocycles. The van der Waals surface area contributed by atoms with E-state index in [0.717, 1.165) is 32.5 Å². The Balaban J connectivity index is 1.58. The molecule has 0 aromatic heterocycles. The standard InChI is InChI=1S/C21H32N2O2/c1-20(2,3)16-5-7-17(8-6-16)21(9-4-10-21)15-23-19(24)13-18-14-25-12-11-22-18/h5-8,18,22H,4,9-15H2,1-3H3,(H,23,24). The normalized spacial score (nSPS) is 22.9. The lowest BCUT2D eigenvalue weighted by atomic mass is 9.64. The van der Waals surface area contributed by atoms with Crippen LogP contribution in [0.2, 0.25) is 0 Å². The van der Waals surface area contributed by atoms with Gasteiger partial charge in [0.25, 0.3) is 0 Å². The van der Waals surface area contributed by atoms with Gasteiger partial charge in [-0.05, 0) is 29.4 Å². The van der Waals surface area contributed by atoms with Gasteiger partial charge in [-0.3, -0.25) is 4.79 Å². The molecule has 4 heteroatoms. The molecule has 1 aliphatic heterocycles. The summed E-state index contributed by atoms with van der Waals surface area (Å²) in [5, 5.41) is 6.52. The van der Waals surface area contributed by atoms with Crippen molar-refractivity contribution < 1.29 is 9.53 Å². The molecule has 2 aliphatic rings. The fraction of sp³-hybridized carbons (Fsp3) is 0.667. The van der Waals surface area contributed by atoms with Crippen LogP contribution < -0.4 is 10.6 Å². The number of rotatable bonds is 5. The Morgan fingerprint density at radius 2 is 2.00 bits per heavy atom. The molecule has 0 bridgehead atoms. The first-order valence-corrected chi connectivity index (χ1v) is 9.58. The monoisotopic (exact) mass is 344 g/mol. The summed E-state index contributed by atoms with van der Waals surface area (Å²) < 4.78 is 5.43. The van der Waals surface area contributed by atoms with Gasteiger partial charge in [0.1, 0.15) is 0 Å². The molecule has 1 amide bonds. The maximum atomic E-state index is 12.3. The van der Waals surface area contributed by atoms with E-state index in [1.54, 1.807) is 0 Å². The highest BCUT2D eigenvalue weighted by Crippen LogP contribution is 2.43. The van der Waals surface area contributed by atoms with Crippen LogP contribution >= 0.6 is 0 Å². The zero-order chi connectivity index (χ0) is 17.9. The molecule has 1 unspecified atom stereocenters. The van der Waals surface area contributed by atoms with Gasteiger partial charge in [0, 0.05) is 31.0 Å². The predicted molar refractivity (Wildman–Crippen MR) is 101 cm³/mol. The number of benzene rings is 1. The summed E-state index contributed by atoms with van der Waals surface area (Å²) in [5.74, 6) is 0.126. The summed E-state index contributed by atoms with van der Waals surface area (Å²) in [6.07, 6.45) is 4.06. The van der Waals surface area contributed by atoms with Gasteiger partial charge in [-0.25, -0.2) is 0 Å². The lowest BCUT2D eigenvalue weighted by Gasteiger charge is -2.43. The average Bonchev–Trinajstić information content (AvgIpc) is 2.54.